The maximum atomic E-state index is 12.3. The van der Waals surface area contributed by atoms with Gasteiger partial charge in [0.15, 0.2) is 5.78 Å². The average Bonchev–Trinajstić information content (AvgIpc) is 2.33. The number of benzene rings is 1. The van der Waals surface area contributed by atoms with Crippen molar-refractivity contribution in [3.63, 3.8) is 0 Å². The lowest BCUT2D eigenvalue weighted by atomic mass is 9.88. The molecule has 0 radical (unpaired) electrons. The lowest BCUT2D eigenvalue weighted by molar-refractivity contribution is -0.00261. The number of halogens is 1. The van der Waals surface area contributed by atoms with Gasteiger partial charge < -0.3 is 4.74 Å². The molecule has 3 heteroatoms. The molecule has 0 aliphatic carbocycles. The molecule has 2 nitrogen and oxygen atoms in total. The highest BCUT2D eigenvalue weighted by atomic mass is 35.5. The molecule has 0 aromatic heterocycles. The largest absolute Gasteiger partial charge is 0.370 e. The highest BCUT2D eigenvalue weighted by Crippen LogP contribution is 2.25. The van der Waals surface area contributed by atoms with E-state index in [1.54, 1.807) is 31.4 Å². The summed E-state index contributed by atoms with van der Waals surface area (Å²) in [5.41, 5.74) is -0.0525. The number of ether oxygens (including phenoxy) is 1. The van der Waals surface area contributed by atoms with E-state index in [1.165, 1.54) is 0 Å². The van der Waals surface area contributed by atoms with Gasteiger partial charge in [-0.25, -0.2) is 0 Å². The van der Waals surface area contributed by atoms with Gasteiger partial charge in [-0.2, -0.15) is 0 Å². The van der Waals surface area contributed by atoms with E-state index >= 15 is 0 Å². The van der Waals surface area contributed by atoms with Crippen molar-refractivity contribution in [2.45, 2.75) is 32.3 Å². The molecule has 88 valence electrons. The zero-order valence-corrected chi connectivity index (χ0v) is 10.7. The van der Waals surface area contributed by atoms with Crippen molar-refractivity contribution >= 4 is 17.4 Å². The Kier molecular flexibility index (Phi) is 4.51. The van der Waals surface area contributed by atoms with E-state index in [4.69, 9.17) is 16.3 Å². The highest BCUT2D eigenvalue weighted by Gasteiger charge is 2.35. The molecule has 0 bridgehead atoms. The molecule has 0 heterocycles. The summed E-state index contributed by atoms with van der Waals surface area (Å²) >= 11 is 5.79. The molecule has 0 unspecified atom stereocenters. The summed E-state index contributed by atoms with van der Waals surface area (Å²) in [5.74, 6) is 0.0247. The summed E-state index contributed by atoms with van der Waals surface area (Å²) in [7, 11) is 1.58. The van der Waals surface area contributed by atoms with Crippen LogP contribution in [0.25, 0.3) is 0 Å². The third kappa shape index (κ3) is 2.45. The minimum absolute atomic E-state index is 0.0247. The second-order valence-electron chi connectivity index (χ2n) is 3.74. The fourth-order valence-electron chi connectivity index (χ4n) is 1.82. The SMILES string of the molecule is CCC(CC)(OC)C(=O)c1ccc(Cl)cc1. The third-order valence-electron chi connectivity index (χ3n) is 3.05. The van der Waals surface area contributed by atoms with Crippen LogP contribution in [0.4, 0.5) is 0 Å². The van der Waals surface area contributed by atoms with Crippen molar-refractivity contribution in [3.05, 3.63) is 34.9 Å². The number of methoxy groups -OCH3 is 1. The monoisotopic (exact) mass is 240 g/mol. The van der Waals surface area contributed by atoms with Crippen LogP contribution in [-0.4, -0.2) is 18.5 Å². The topological polar surface area (TPSA) is 26.3 Å². The second kappa shape index (κ2) is 5.46. The molecule has 0 N–H and O–H groups in total. The molecule has 16 heavy (non-hydrogen) atoms. The van der Waals surface area contributed by atoms with Crippen molar-refractivity contribution < 1.29 is 9.53 Å². The molecule has 0 aliphatic rings. The van der Waals surface area contributed by atoms with Crippen LogP contribution in [0.15, 0.2) is 24.3 Å². The fraction of sp³-hybridized carbons (Fsp3) is 0.462. The maximum absolute atomic E-state index is 12.3. The van der Waals surface area contributed by atoms with Crippen molar-refractivity contribution in [2.75, 3.05) is 7.11 Å². The van der Waals surface area contributed by atoms with Gasteiger partial charge in [0.2, 0.25) is 0 Å². The molecule has 0 spiro atoms. The molecule has 0 atom stereocenters. The van der Waals surface area contributed by atoms with Gasteiger partial charge in [0.05, 0.1) is 0 Å². The van der Waals surface area contributed by atoms with Gasteiger partial charge in [0, 0.05) is 17.7 Å². The summed E-state index contributed by atoms with van der Waals surface area (Å²) < 4.78 is 5.40. The average molecular weight is 241 g/mol. The predicted octanol–water partition coefficient (Wildman–Crippen LogP) is 3.73. The molecule has 0 aliphatic heterocycles. The molecule has 1 rings (SSSR count). The van der Waals surface area contributed by atoms with E-state index in [-0.39, 0.29) is 5.78 Å². The minimum atomic E-state index is -0.701. The van der Waals surface area contributed by atoms with Crippen LogP contribution < -0.4 is 0 Å². The Balaban J connectivity index is 3.04. The van der Waals surface area contributed by atoms with Crippen LogP contribution in [-0.2, 0) is 4.74 Å². The van der Waals surface area contributed by atoms with Crippen LogP contribution >= 0.6 is 11.6 Å². The number of Topliss-reactive ketones (excluding diaryl/α,β-unsaturated/α-hetero) is 1. The van der Waals surface area contributed by atoms with Gasteiger partial charge in [-0.05, 0) is 37.1 Å². The van der Waals surface area contributed by atoms with Gasteiger partial charge in [-0.15, -0.1) is 0 Å². The molecule has 1 aromatic carbocycles. The number of ketones is 1. The van der Waals surface area contributed by atoms with Gasteiger partial charge in [-0.1, -0.05) is 25.4 Å². The van der Waals surface area contributed by atoms with Gasteiger partial charge in [-0.3, -0.25) is 4.79 Å². The number of rotatable bonds is 5. The number of hydrogen-bond donors (Lipinski definition) is 0. The number of carbonyl (C=O) groups excluding carboxylic acids is 1. The van der Waals surface area contributed by atoms with Crippen LogP contribution in [0.1, 0.15) is 37.0 Å². The first-order chi connectivity index (χ1) is 7.59. The Morgan fingerprint density at radius 3 is 2.12 bits per heavy atom. The molecule has 1 aromatic rings. The zero-order valence-electron chi connectivity index (χ0n) is 9.92. The van der Waals surface area contributed by atoms with Crippen molar-refractivity contribution in [2.24, 2.45) is 0 Å². The van der Waals surface area contributed by atoms with Crippen molar-refractivity contribution in [1.29, 1.82) is 0 Å². The molecule has 0 amide bonds. The van der Waals surface area contributed by atoms with Crippen molar-refractivity contribution in [1.82, 2.24) is 0 Å². The van der Waals surface area contributed by atoms with E-state index in [2.05, 4.69) is 0 Å². The Morgan fingerprint density at radius 2 is 1.75 bits per heavy atom. The van der Waals surface area contributed by atoms with E-state index in [0.29, 0.717) is 23.4 Å². The van der Waals surface area contributed by atoms with Gasteiger partial charge in [0.1, 0.15) is 5.60 Å². The molecule has 0 saturated carbocycles. The number of carbonyl (C=O) groups is 1. The summed E-state index contributed by atoms with van der Waals surface area (Å²) in [6, 6.07) is 6.93. The highest BCUT2D eigenvalue weighted by molar-refractivity contribution is 6.30. The summed E-state index contributed by atoms with van der Waals surface area (Å²) in [5, 5.41) is 0.632. The van der Waals surface area contributed by atoms with Crippen LogP contribution in [0, 0.1) is 0 Å². The molecule has 0 fully saturated rings. The smallest absolute Gasteiger partial charge is 0.194 e. The lowest BCUT2D eigenvalue weighted by Gasteiger charge is -2.28. The lowest BCUT2D eigenvalue weighted by Crippen LogP contribution is -2.39. The Bertz CT molecular complexity index is 344. The van der Waals surface area contributed by atoms with Crippen molar-refractivity contribution in [3.8, 4) is 0 Å². The Labute approximate surface area is 102 Å². The third-order valence-corrected chi connectivity index (χ3v) is 3.31. The van der Waals surface area contributed by atoms with E-state index in [0.717, 1.165) is 0 Å². The first-order valence-electron chi connectivity index (χ1n) is 5.45. The van der Waals surface area contributed by atoms with Crippen LogP contribution in [0.5, 0.6) is 0 Å². The van der Waals surface area contributed by atoms with E-state index in [1.807, 2.05) is 13.8 Å². The Morgan fingerprint density at radius 1 is 1.25 bits per heavy atom. The number of hydrogen-bond acceptors (Lipinski definition) is 2. The second-order valence-corrected chi connectivity index (χ2v) is 4.18. The molecular formula is C13H17ClO2. The van der Waals surface area contributed by atoms with Crippen LogP contribution in [0.3, 0.4) is 0 Å². The quantitative estimate of drug-likeness (QED) is 0.733. The molecule has 0 saturated heterocycles. The zero-order chi connectivity index (χ0) is 12.2. The van der Waals surface area contributed by atoms with Gasteiger partial charge >= 0.3 is 0 Å². The van der Waals surface area contributed by atoms with Crippen LogP contribution in [0.2, 0.25) is 5.02 Å². The minimum Gasteiger partial charge on any atom is -0.370 e. The standard InChI is InChI=1S/C13H17ClO2/c1-4-13(5-2,16-3)12(15)10-6-8-11(14)9-7-10/h6-9H,4-5H2,1-3H3. The first kappa shape index (κ1) is 13.2. The summed E-state index contributed by atoms with van der Waals surface area (Å²) in [6.45, 7) is 3.92. The predicted molar refractivity (Wildman–Crippen MR) is 66.1 cm³/mol. The summed E-state index contributed by atoms with van der Waals surface area (Å²) in [6.07, 6.45) is 1.34. The van der Waals surface area contributed by atoms with Gasteiger partial charge in [0.25, 0.3) is 0 Å². The fourth-order valence-corrected chi connectivity index (χ4v) is 1.94. The van der Waals surface area contributed by atoms with E-state index in [9.17, 15) is 4.79 Å². The first-order valence-corrected chi connectivity index (χ1v) is 5.83. The molecular weight excluding hydrogens is 224 g/mol. The Hall–Kier alpha value is -0.860. The normalized spacial score (nSPS) is 11.5. The summed E-state index contributed by atoms with van der Waals surface area (Å²) in [4.78, 5) is 12.3. The maximum Gasteiger partial charge on any atom is 0.194 e. The van der Waals surface area contributed by atoms with E-state index < -0.39 is 5.60 Å².